The molecule has 0 N–H and O–H groups in total. The highest BCUT2D eigenvalue weighted by Gasteiger charge is 2.26. The first-order valence-electron chi connectivity index (χ1n) is 10.1. The zero-order valence-corrected chi connectivity index (χ0v) is 19.0. The van der Waals surface area contributed by atoms with E-state index in [1.54, 1.807) is 24.1 Å². The van der Waals surface area contributed by atoms with Crippen molar-refractivity contribution >= 4 is 45.1 Å². The number of ether oxygens (including phenoxy) is 2. The van der Waals surface area contributed by atoms with Crippen molar-refractivity contribution in [3.8, 4) is 5.75 Å². The Kier molecular flexibility index (Phi) is 5.21. The average molecular weight is 441 g/mol. The molecular weight excluding hydrogens is 416 g/mol. The van der Waals surface area contributed by atoms with Gasteiger partial charge in [0.05, 0.1) is 28.6 Å². The van der Waals surface area contributed by atoms with Gasteiger partial charge in [0, 0.05) is 25.5 Å². The molecular formula is C24H25ClN2O4. The number of pyridine rings is 1. The van der Waals surface area contributed by atoms with E-state index in [1.165, 1.54) is 0 Å². The molecule has 1 aromatic heterocycles. The van der Waals surface area contributed by atoms with Gasteiger partial charge < -0.3 is 18.9 Å². The highest BCUT2D eigenvalue weighted by molar-refractivity contribution is 6.33. The fourth-order valence-corrected chi connectivity index (χ4v) is 4.18. The summed E-state index contributed by atoms with van der Waals surface area (Å²) in [6.07, 6.45) is 1.68. The normalized spacial score (nSPS) is 14.3. The van der Waals surface area contributed by atoms with Crippen LogP contribution >= 0.6 is 11.6 Å². The number of methoxy groups -OCH3 is 1. The number of halogens is 1. The monoisotopic (exact) mass is 440 g/mol. The first-order chi connectivity index (χ1) is 14.6. The number of hydrogen-bond donors (Lipinski definition) is 0. The van der Waals surface area contributed by atoms with Crippen LogP contribution in [0.15, 0.2) is 41.2 Å². The molecule has 0 unspecified atom stereocenters. The SMILES string of the molecule is COc1c(Cl)ccc2c(=O)c3ccc(C4=CCN(C(=O)OC(C)(C)C)C4)cc3n(C)c12. The molecule has 0 spiro atoms. The fourth-order valence-electron chi connectivity index (χ4n) is 3.95. The Morgan fingerprint density at radius 2 is 1.84 bits per heavy atom. The quantitative estimate of drug-likeness (QED) is 0.527. The molecule has 4 rings (SSSR count). The van der Waals surface area contributed by atoms with Crippen LogP contribution in [0.3, 0.4) is 0 Å². The maximum absolute atomic E-state index is 13.1. The van der Waals surface area contributed by atoms with Crippen molar-refractivity contribution in [3.63, 3.8) is 0 Å². The summed E-state index contributed by atoms with van der Waals surface area (Å²) in [7, 11) is 3.43. The molecule has 3 aromatic rings. The summed E-state index contributed by atoms with van der Waals surface area (Å²) in [6.45, 7) is 6.50. The molecule has 0 atom stereocenters. The summed E-state index contributed by atoms with van der Waals surface area (Å²) in [5.74, 6) is 0.474. The predicted molar refractivity (Wildman–Crippen MR) is 124 cm³/mol. The van der Waals surface area contributed by atoms with Gasteiger partial charge in [-0.15, -0.1) is 0 Å². The minimum atomic E-state index is -0.539. The second kappa shape index (κ2) is 7.61. The third-order valence-corrected chi connectivity index (χ3v) is 5.71. The largest absolute Gasteiger partial charge is 0.493 e. The molecule has 0 bridgehead atoms. The van der Waals surface area contributed by atoms with Gasteiger partial charge in [-0.2, -0.15) is 0 Å². The number of hydrogen-bond acceptors (Lipinski definition) is 4. The third kappa shape index (κ3) is 3.76. The lowest BCUT2D eigenvalue weighted by atomic mass is 10.0. The lowest BCUT2D eigenvalue weighted by Gasteiger charge is -2.24. The predicted octanol–water partition coefficient (Wildman–Crippen LogP) is 4.99. The van der Waals surface area contributed by atoms with E-state index in [-0.39, 0.29) is 11.5 Å². The van der Waals surface area contributed by atoms with Gasteiger partial charge >= 0.3 is 6.09 Å². The Balaban J connectivity index is 1.77. The molecule has 0 saturated carbocycles. The number of fused-ring (bicyclic) bond motifs is 2. The Labute approximate surface area is 185 Å². The molecule has 1 aliphatic rings. The van der Waals surface area contributed by atoms with Gasteiger partial charge in [0.15, 0.2) is 11.2 Å². The van der Waals surface area contributed by atoms with E-state index < -0.39 is 5.60 Å². The van der Waals surface area contributed by atoms with Crippen LogP contribution in [0.4, 0.5) is 4.79 Å². The summed E-state index contributed by atoms with van der Waals surface area (Å²) in [5.41, 5.74) is 2.78. The van der Waals surface area contributed by atoms with Crippen LogP contribution in [0.2, 0.25) is 5.02 Å². The number of rotatable bonds is 2. The molecule has 0 saturated heterocycles. The second-order valence-electron chi connectivity index (χ2n) is 8.69. The van der Waals surface area contributed by atoms with E-state index in [0.717, 1.165) is 16.7 Å². The average Bonchev–Trinajstić information content (AvgIpc) is 3.20. The molecule has 7 heteroatoms. The molecule has 0 aliphatic carbocycles. The molecule has 0 fully saturated rings. The maximum atomic E-state index is 13.1. The van der Waals surface area contributed by atoms with Gasteiger partial charge in [-0.05, 0) is 56.2 Å². The maximum Gasteiger partial charge on any atom is 0.410 e. The Hall–Kier alpha value is -2.99. The third-order valence-electron chi connectivity index (χ3n) is 5.41. The van der Waals surface area contributed by atoms with E-state index in [1.807, 2.05) is 56.7 Å². The molecule has 0 radical (unpaired) electrons. The second-order valence-corrected chi connectivity index (χ2v) is 9.09. The van der Waals surface area contributed by atoms with Crippen LogP contribution in [0.25, 0.3) is 27.4 Å². The molecule has 162 valence electrons. The lowest BCUT2D eigenvalue weighted by Crippen LogP contribution is -2.35. The van der Waals surface area contributed by atoms with Crippen LogP contribution in [0.1, 0.15) is 26.3 Å². The van der Waals surface area contributed by atoms with Crippen molar-refractivity contribution in [3.05, 3.63) is 57.2 Å². The van der Waals surface area contributed by atoms with Crippen molar-refractivity contribution in [2.75, 3.05) is 20.2 Å². The molecule has 2 heterocycles. The number of benzene rings is 2. The molecule has 1 amide bonds. The Morgan fingerprint density at radius 1 is 1.13 bits per heavy atom. The van der Waals surface area contributed by atoms with Crippen molar-refractivity contribution in [1.82, 2.24) is 9.47 Å². The van der Waals surface area contributed by atoms with E-state index in [0.29, 0.717) is 40.2 Å². The highest BCUT2D eigenvalue weighted by Crippen LogP contribution is 2.34. The summed E-state index contributed by atoms with van der Waals surface area (Å²) >= 11 is 6.31. The topological polar surface area (TPSA) is 60.8 Å². The minimum Gasteiger partial charge on any atom is -0.493 e. The molecule has 31 heavy (non-hydrogen) atoms. The zero-order valence-electron chi connectivity index (χ0n) is 18.3. The smallest absolute Gasteiger partial charge is 0.410 e. The van der Waals surface area contributed by atoms with Crippen molar-refractivity contribution in [2.45, 2.75) is 26.4 Å². The standard InChI is InChI=1S/C24H25ClN2O4/c1-24(2,3)31-23(29)27-11-10-15(13-27)14-6-7-16-19(12-14)26(4)20-17(21(16)28)8-9-18(25)22(20)30-5/h6-10,12H,11,13H2,1-5H3. The van der Waals surface area contributed by atoms with Crippen LogP contribution in [-0.2, 0) is 11.8 Å². The van der Waals surface area contributed by atoms with E-state index in [2.05, 4.69) is 0 Å². The summed E-state index contributed by atoms with van der Waals surface area (Å²) in [5, 5.41) is 1.62. The highest BCUT2D eigenvalue weighted by atomic mass is 35.5. The molecule has 1 aliphatic heterocycles. The van der Waals surface area contributed by atoms with Gasteiger partial charge in [0.2, 0.25) is 0 Å². The summed E-state index contributed by atoms with van der Waals surface area (Å²) in [4.78, 5) is 27.2. The van der Waals surface area contributed by atoms with Crippen LogP contribution in [0.5, 0.6) is 5.75 Å². The van der Waals surface area contributed by atoms with Crippen LogP contribution in [-0.4, -0.2) is 41.4 Å². The summed E-state index contributed by atoms with van der Waals surface area (Å²) < 4.78 is 12.9. The van der Waals surface area contributed by atoms with Gasteiger partial charge in [-0.25, -0.2) is 4.79 Å². The first kappa shape index (κ1) is 21.2. The Morgan fingerprint density at radius 3 is 2.52 bits per heavy atom. The number of amides is 1. The number of carbonyl (C=O) groups is 1. The van der Waals surface area contributed by atoms with Gasteiger partial charge in [-0.1, -0.05) is 23.7 Å². The van der Waals surface area contributed by atoms with E-state index >= 15 is 0 Å². The molecule has 6 nitrogen and oxygen atoms in total. The number of aryl methyl sites for hydroxylation is 1. The lowest BCUT2D eigenvalue weighted by molar-refractivity contribution is 0.0306. The van der Waals surface area contributed by atoms with Crippen LogP contribution < -0.4 is 10.2 Å². The first-order valence-corrected chi connectivity index (χ1v) is 10.4. The molecule has 2 aromatic carbocycles. The summed E-state index contributed by atoms with van der Waals surface area (Å²) in [6, 6.07) is 9.14. The van der Waals surface area contributed by atoms with Crippen molar-refractivity contribution in [1.29, 1.82) is 0 Å². The van der Waals surface area contributed by atoms with Crippen LogP contribution in [0, 0.1) is 0 Å². The van der Waals surface area contributed by atoms with Crippen molar-refractivity contribution in [2.24, 2.45) is 7.05 Å². The number of carbonyl (C=O) groups excluding carboxylic acids is 1. The minimum absolute atomic E-state index is 0.0691. The van der Waals surface area contributed by atoms with Gasteiger partial charge in [0.25, 0.3) is 0 Å². The Bertz CT molecular complexity index is 1300. The van der Waals surface area contributed by atoms with E-state index in [4.69, 9.17) is 21.1 Å². The van der Waals surface area contributed by atoms with Crippen molar-refractivity contribution < 1.29 is 14.3 Å². The zero-order chi connectivity index (χ0) is 22.5. The number of nitrogens with zero attached hydrogens (tertiary/aromatic N) is 2. The van der Waals surface area contributed by atoms with Gasteiger partial charge in [0.1, 0.15) is 5.60 Å². The number of aromatic nitrogens is 1. The van der Waals surface area contributed by atoms with E-state index in [9.17, 15) is 9.59 Å². The van der Waals surface area contributed by atoms with Gasteiger partial charge in [-0.3, -0.25) is 4.79 Å². The fraction of sp³-hybridized carbons (Fsp3) is 0.333.